The van der Waals surface area contributed by atoms with Crippen LogP contribution in [0.4, 0.5) is 5.69 Å². The lowest BCUT2D eigenvalue weighted by Crippen LogP contribution is -2.54. The van der Waals surface area contributed by atoms with Crippen LogP contribution in [0.25, 0.3) is 0 Å². The van der Waals surface area contributed by atoms with Gasteiger partial charge >= 0.3 is 0 Å². The van der Waals surface area contributed by atoms with Gasteiger partial charge in [0.15, 0.2) is 0 Å². The maximum atomic E-state index is 14.1. The number of hydrogen-bond donors (Lipinski definition) is 3. The number of benzene rings is 1. The van der Waals surface area contributed by atoms with E-state index < -0.39 is 27.4 Å². The van der Waals surface area contributed by atoms with Crippen molar-refractivity contribution < 1.29 is 24.2 Å². The van der Waals surface area contributed by atoms with Crippen LogP contribution in [0.2, 0.25) is 0 Å². The van der Waals surface area contributed by atoms with Gasteiger partial charge in [0.2, 0.25) is 17.7 Å². The Hall–Kier alpha value is -2.14. The molecule has 1 spiro atoms. The summed E-state index contributed by atoms with van der Waals surface area (Å²) in [7, 11) is 0. The summed E-state index contributed by atoms with van der Waals surface area (Å²) >= 11 is 1.71. The molecule has 0 aromatic heterocycles. The number of thioether (sulfide) groups is 1. The number of likely N-dealkylation sites (tertiary alicyclic amines) is 1. The number of fused-ring (bicyclic) bond motifs is 1. The van der Waals surface area contributed by atoms with Crippen LogP contribution >= 0.6 is 11.8 Å². The molecule has 3 N–H and O–H groups in total. The van der Waals surface area contributed by atoms with E-state index in [2.05, 4.69) is 22.5 Å². The minimum absolute atomic E-state index is 0.0605. The number of aliphatic hydroxyl groups is 1. The fourth-order valence-corrected chi connectivity index (χ4v) is 9.47. The summed E-state index contributed by atoms with van der Waals surface area (Å²) in [5.41, 5.74) is 0.719. The number of anilines is 1. The van der Waals surface area contributed by atoms with Crippen molar-refractivity contribution in [2.75, 3.05) is 57.9 Å². The molecular weight excluding hydrogens is 516 g/mol. The zero-order valence-electron chi connectivity index (χ0n) is 22.9. The first-order valence-corrected chi connectivity index (χ1v) is 15.3. The monoisotopic (exact) mass is 558 g/mol. The van der Waals surface area contributed by atoms with Crippen molar-refractivity contribution in [1.82, 2.24) is 15.1 Å². The summed E-state index contributed by atoms with van der Waals surface area (Å²) in [6.07, 6.45) is 4.84. The molecule has 2 bridgehead atoms. The Bertz CT molecular complexity index is 1040. The number of para-hydroxylation sites is 1. The topological polar surface area (TPSA) is 111 Å². The van der Waals surface area contributed by atoms with Crippen molar-refractivity contribution in [1.29, 1.82) is 0 Å². The predicted octanol–water partition coefficient (Wildman–Crippen LogP) is 2.11. The molecule has 1 aromatic carbocycles. The van der Waals surface area contributed by atoms with Gasteiger partial charge < -0.3 is 25.4 Å². The Morgan fingerprint density at radius 3 is 2.54 bits per heavy atom. The largest absolute Gasteiger partial charge is 0.396 e. The molecule has 9 nitrogen and oxygen atoms in total. The van der Waals surface area contributed by atoms with Crippen molar-refractivity contribution >= 4 is 35.2 Å². The standard InChI is InChI=1S/C29H42N4O5S/c1-28-11-12-29(39-28)23(22(28)25(35)31-21-9-5-4-6-10-21)27(37)33(14-7-2-3-8-18-34)24(29)26(36)30-13-15-32-16-19-38-20-17-32/h4-6,9-10,22-24,34H,2-3,7-8,11-20H2,1H3,(H,30,36)(H,31,35)/t22-,23-,24?,28+,29?/m0/s1. The van der Waals surface area contributed by atoms with Gasteiger partial charge in [-0.25, -0.2) is 0 Å². The molecule has 4 aliphatic heterocycles. The van der Waals surface area contributed by atoms with Gasteiger partial charge in [-0.2, -0.15) is 0 Å². The van der Waals surface area contributed by atoms with E-state index in [4.69, 9.17) is 9.84 Å². The van der Waals surface area contributed by atoms with Crippen molar-refractivity contribution in [2.45, 2.75) is 61.0 Å². The molecule has 4 fully saturated rings. The second-order valence-corrected chi connectivity index (χ2v) is 13.4. The lowest BCUT2D eigenvalue weighted by Gasteiger charge is -2.35. The van der Waals surface area contributed by atoms with Gasteiger partial charge in [-0.1, -0.05) is 31.0 Å². The number of nitrogens with one attached hydrogen (secondary N) is 2. The molecular formula is C29H42N4O5S. The number of nitrogens with zero attached hydrogens (tertiary/aromatic N) is 2. The maximum Gasteiger partial charge on any atom is 0.244 e. The van der Waals surface area contributed by atoms with Gasteiger partial charge in [0.05, 0.1) is 29.8 Å². The molecule has 0 saturated carbocycles. The molecule has 10 heteroatoms. The van der Waals surface area contributed by atoms with Crippen LogP contribution in [0.15, 0.2) is 30.3 Å². The number of carbonyl (C=O) groups is 3. The van der Waals surface area contributed by atoms with Crippen molar-refractivity contribution in [3.8, 4) is 0 Å². The molecule has 4 saturated heterocycles. The van der Waals surface area contributed by atoms with E-state index in [1.165, 1.54) is 0 Å². The fourth-order valence-electron chi connectivity index (χ4n) is 7.12. The molecule has 3 amide bonds. The number of hydrogen-bond acceptors (Lipinski definition) is 7. The van der Waals surface area contributed by atoms with Gasteiger partial charge in [-0.05, 0) is 44.7 Å². The first-order chi connectivity index (χ1) is 18.9. The van der Waals surface area contributed by atoms with Crippen LogP contribution in [0, 0.1) is 11.8 Å². The van der Waals surface area contributed by atoms with Gasteiger partial charge in [0, 0.05) is 49.8 Å². The average molecular weight is 559 g/mol. The molecule has 5 rings (SSSR count). The molecule has 39 heavy (non-hydrogen) atoms. The Balaban J connectivity index is 1.35. The van der Waals surface area contributed by atoms with Crippen molar-refractivity contribution in [3.63, 3.8) is 0 Å². The van der Waals surface area contributed by atoms with Crippen molar-refractivity contribution in [3.05, 3.63) is 30.3 Å². The third-order valence-electron chi connectivity index (χ3n) is 8.99. The number of aliphatic hydroxyl groups excluding tert-OH is 1. The zero-order valence-corrected chi connectivity index (χ0v) is 23.7. The number of morpholine rings is 1. The highest BCUT2D eigenvalue weighted by Crippen LogP contribution is 2.71. The first-order valence-electron chi connectivity index (χ1n) is 14.4. The molecule has 4 heterocycles. The summed E-state index contributed by atoms with van der Waals surface area (Å²) < 4.78 is 4.44. The van der Waals surface area contributed by atoms with Crippen LogP contribution in [-0.4, -0.2) is 101 Å². The molecule has 1 aromatic rings. The summed E-state index contributed by atoms with van der Waals surface area (Å²) in [4.78, 5) is 45.8. The minimum atomic E-state index is -0.599. The van der Waals surface area contributed by atoms with E-state index in [1.54, 1.807) is 16.7 Å². The maximum absolute atomic E-state index is 14.1. The van der Waals surface area contributed by atoms with E-state index in [-0.39, 0.29) is 24.3 Å². The third-order valence-corrected chi connectivity index (χ3v) is 11.0. The van der Waals surface area contributed by atoms with E-state index in [1.807, 2.05) is 30.3 Å². The molecule has 0 aliphatic carbocycles. The number of carbonyl (C=O) groups excluding carboxylic acids is 3. The average Bonchev–Trinajstić information content (AvgIpc) is 3.50. The molecule has 2 unspecified atom stereocenters. The summed E-state index contributed by atoms with van der Waals surface area (Å²) in [5, 5.41) is 15.3. The van der Waals surface area contributed by atoms with Crippen LogP contribution in [0.5, 0.6) is 0 Å². The lowest BCUT2D eigenvalue weighted by molar-refractivity contribution is -0.139. The van der Waals surface area contributed by atoms with Gasteiger partial charge in [-0.3, -0.25) is 19.3 Å². The smallest absolute Gasteiger partial charge is 0.244 e. The number of unbranched alkanes of at least 4 members (excludes halogenated alkanes) is 3. The Kier molecular flexibility index (Phi) is 8.85. The summed E-state index contributed by atoms with van der Waals surface area (Å²) in [6.45, 7) is 7.16. The first kappa shape index (κ1) is 28.4. The predicted molar refractivity (Wildman–Crippen MR) is 151 cm³/mol. The van der Waals surface area contributed by atoms with Crippen LogP contribution in [0.3, 0.4) is 0 Å². The quantitative estimate of drug-likeness (QED) is 0.337. The number of rotatable bonds is 12. The molecule has 5 atom stereocenters. The highest BCUT2D eigenvalue weighted by molar-refractivity contribution is 8.02. The van der Waals surface area contributed by atoms with Crippen molar-refractivity contribution in [2.24, 2.45) is 11.8 Å². The second-order valence-electron chi connectivity index (χ2n) is 11.5. The SMILES string of the molecule is C[C@]12CCC3(S1)C(C(=O)NCCN1CCOCC1)N(CCCCCCO)C(=O)[C@@H]3[C@H]2C(=O)Nc1ccccc1. The van der Waals surface area contributed by atoms with Gasteiger partial charge in [-0.15, -0.1) is 11.8 Å². The second kappa shape index (κ2) is 12.2. The fraction of sp³-hybridized carbons (Fsp3) is 0.690. The lowest BCUT2D eigenvalue weighted by atomic mass is 9.66. The highest BCUT2D eigenvalue weighted by Gasteiger charge is 2.76. The molecule has 0 radical (unpaired) electrons. The number of ether oxygens (including phenoxy) is 1. The minimum Gasteiger partial charge on any atom is -0.396 e. The van der Waals surface area contributed by atoms with E-state index >= 15 is 0 Å². The Morgan fingerprint density at radius 1 is 1.05 bits per heavy atom. The van der Waals surface area contributed by atoms with Gasteiger partial charge in [0.1, 0.15) is 6.04 Å². The van der Waals surface area contributed by atoms with E-state index in [9.17, 15) is 14.4 Å². The molecule has 4 aliphatic rings. The Labute approximate surface area is 235 Å². The zero-order chi connectivity index (χ0) is 27.5. The summed E-state index contributed by atoms with van der Waals surface area (Å²) in [5.74, 6) is -1.30. The molecule has 214 valence electrons. The van der Waals surface area contributed by atoms with Crippen LogP contribution in [0.1, 0.15) is 45.4 Å². The normalized spacial score (nSPS) is 31.9. The van der Waals surface area contributed by atoms with Crippen LogP contribution in [-0.2, 0) is 19.1 Å². The summed E-state index contributed by atoms with van der Waals surface area (Å²) in [6, 6.07) is 8.79. The van der Waals surface area contributed by atoms with E-state index in [0.717, 1.165) is 63.8 Å². The Morgan fingerprint density at radius 2 is 1.79 bits per heavy atom. The van der Waals surface area contributed by atoms with Crippen LogP contribution < -0.4 is 10.6 Å². The highest BCUT2D eigenvalue weighted by atomic mass is 32.2. The van der Waals surface area contributed by atoms with E-state index in [0.29, 0.717) is 26.3 Å². The third kappa shape index (κ3) is 5.58. The van der Waals surface area contributed by atoms with Gasteiger partial charge in [0.25, 0.3) is 0 Å². The number of amides is 3.